The third-order valence-electron chi connectivity index (χ3n) is 5.39. The molecule has 2 heterocycles. The second-order valence-corrected chi connectivity index (χ2v) is 8.10. The minimum absolute atomic E-state index is 0.0491. The van der Waals surface area contributed by atoms with E-state index < -0.39 is 10.8 Å². The Bertz CT molecular complexity index is 1190. The number of hydrogen-bond donors (Lipinski definition) is 2. The molecule has 0 aliphatic carbocycles. The van der Waals surface area contributed by atoms with Gasteiger partial charge in [-0.25, -0.2) is 0 Å². The molecule has 3 aromatic rings. The molecular formula is C23H23N5O4S. The Morgan fingerprint density at radius 3 is 2.58 bits per heavy atom. The summed E-state index contributed by atoms with van der Waals surface area (Å²) in [5.74, 6) is -0.114. The van der Waals surface area contributed by atoms with Crippen molar-refractivity contribution in [3.05, 3.63) is 76.5 Å². The molecule has 2 N–H and O–H groups in total. The molecular weight excluding hydrogens is 442 g/mol. The predicted octanol–water partition coefficient (Wildman–Crippen LogP) is 3.73. The van der Waals surface area contributed by atoms with Gasteiger partial charge in [-0.05, 0) is 43.5 Å². The Morgan fingerprint density at radius 1 is 1.06 bits per heavy atom. The fraction of sp³-hybridized carbons (Fsp3) is 0.217. The van der Waals surface area contributed by atoms with Crippen molar-refractivity contribution < 1.29 is 14.1 Å². The molecule has 0 atom stereocenters. The number of nitrogens with zero attached hydrogens (tertiary/aromatic N) is 3. The van der Waals surface area contributed by atoms with Gasteiger partial charge < -0.3 is 19.5 Å². The normalized spacial score (nSPS) is 14.0. The maximum absolute atomic E-state index is 12.6. The molecule has 1 aliphatic heterocycles. The van der Waals surface area contributed by atoms with Crippen LogP contribution in [0.4, 0.5) is 17.1 Å². The quantitative estimate of drug-likeness (QED) is 0.334. The number of furan rings is 1. The van der Waals surface area contributed by atoms with Gasteiger partial charge in [0.15, 0.2) is 10.9 Å². The number of thiocarbonyl (C=S) groups is 1. The van der Waals surface area contributed by atoms with Crippen LogP contribution in [0, 0.1) is 10.1 Å². The summed E-state index contributed by atoms with van der Waals surface area (Å²) in [5, 5.41) is 16.9. The number of nitro benzene ring substituents is 1. The van der Waals surface area contributed by atoms with Gasteiger partial charge in [0.05, 0.1) is 16.3 Å². The zero-order valence-electron chi connectivity index (χ0n) is 18.0. The first-order valence-electron chi connectivity index (χ1n) is 10.4. The van der Waals surface area contributed by atoms with Gasteiger partial charge in [-0.1, -0.05) is 24.3 Å². The van der Waals surface area contributed by atoms with Crippen LogP contribution in [-0.4, -0.2) is 54.1 Å². The van der Waals surface area contributed by atoms with Crippen molar-refractivity contribution in [2.24, 2.45) is 0 Å². The fourth-order valence-electron chi connectivity index (χ4n) is 3.61. The molecule has 1 amide bonds. The number of nitro groups is 1. The van der Waals surface area contributed by atoms with Crippen LogP contribution in [-0.2, 0) is 0 Å². The summed E-state index contributed by atoms with van der Waals surface area (Å²) < 4.78 is 5.61. The Kier molecular flexibility index (Phi) is 6.66. The van der Waals surface area contributed by atoms with E-state index >= 15 is 0 Å². The summed E-state index contributed by atoms with van der Waals surface area (Å²) in [7, 11) is 2.10. The van der Waals surface area contributed by atoms with Crippen LogP contribution >= 0.6 is 12.2 Å². The number of non-ortho nitro benzene ring substituents is 1. The Morgan fingerprint density at radius 2 is 1.82 bits per heavy atom. The molecule has 1 fully saturated rings. The SMILES string of the molecule is CN1CCN(c2ccccc2NC(=S)NC(=O)c2ccc(-c3cccc([N+](=O)[O-])c3)o2)CC1. The zero-order chi connectivity index (χ0) is 23.4. The largest absolute Gasteiger partial charge is 0.451 e. The first kappa shape index (κ1) is 22.4. The van der Waals surface area contributed by atoms with E-state index in [2.05, 4.69) is 27.5 Å². The molecule has 1 aliphatic rings. The number of carbonyl (C=O) groups excluding carboxylic acids is 1. The highest BCUT2D eigenvalue weighted by molar-refractivity contribution is 7.80. The Balaban J connectivity index is 1.42. The highest BCUT2D eigenvalue weighted by atomic mass is 32.1. The summed E-state index contributed by atoms with van der Waals surface area (Å²) in [6.07, 6.45) is 0. The number of hydrogen-bond acceptors (Lipinski definition) is 7. The molecule has 4 rings (SSSR count). The lowest BCUT2D eigenvalue weighted by Crippen LogP contribution is -2.45. The maximum atomic E-state index is 12.6. The van der Waals surface area contributed by atoms with Crippen molar-refractivity contribution in [2.75, 3.05) is 43.4 Å². The van der Waals surface area contributed by atoms with E-state index in [1.165, 1.54) is 18.2 Å². The van der Waals surface area contributed by atoms with Crippen molar-refractivity contribution >= 4 is 40.3 Å². The molecule has 1 saturated heterocycles. The van der Waals surface area contributed by atoms with E-state index in [1.54, 1.807) is 18.2 Å². The molecule has 0 spiro atoms. The van der Waals surface area contributed by atoms with Gasteiger partial charge >= 0.3 is 0 Å². The third-order valence-corrected chi connectivity index (χ3v) is 5.60. The minimum Gasteiger partial charge on any atom is -0.451 e. The molecule has 0 saturated carbocycles. The number of benzene rings is 2. The van der Waals surface area contributed by atoms with Crippen molar-refractivity contribution in [1.29, 1.82) is 0 Å². The van der Waals surface area contributed by atoms with E-state index in [9.17, 15) is 14.9 Å². The average molecular weight is 466 g/mol. The Hall–Kier alpha value is -3.76. The topological polar surface area (TPSA) is 104 Å². The lowest BCUT2D eigenvalue weighted by Gasteiger charge is -2.35. The van der Waals surface area contributed by atoms with Gasteiger partial charge in [0, 0.05) is 43.9 Å². The molecule has 33 heavy (non-hydrogen) atoms. The van der Waals surface area contributed by atoms with Crippen molar-refractivity contribution in [2.45, 2.75) is 0 Å². The van der Waals surface area contributed by atoms with E-state index in [4.69, 9.17) is 16.6 Å². The number of carbonyl (C=O) groups is 1. The summed E-state index contributed by atoms with van der Waals surface area (Å²) in [4.78, 5) is 27.7. The van der Waals surface area contributed by atoms with Gasteiger partial charge in [0.2, 0.25) is 0 Å². The molecule has 9 nitrogen and oxygen atoms in total. The fourth-order valence-corrected chi connectivity index (χ4v) is 3.81. The predicted molar refractivity (Wildman–Crippen MR) is 131 cm³/mol. The van der Waals surface area contributed by atoms with Crippen LogP contribution < -0.4 is 15.5 Å². The first-order valence-corrected chi connectivity index (χ1v) is 10.8. The van der Waals surface area contributed by atoms with Crippen LogP contribution in [0.25, 0.3) is 11.3 Å². The zero-order valence-corrected chi connectivity index (χ0v) is 18.8. The molecule has 2 aromatic carbocycles. The van der Waals surface area contributed by atoms with E-state index in [-0.39, 0.29) is 16.6 Å². The molecule has 0 bridgehead atoms. The van der Waals surface area contributed by atoms with Gasteiger partial charge in [0.1, 0.15) is 5.76 Å². The minimum atomic E-state index is -0.513. The van der Waals surface area contributed by atoms with Crippen molar-refractivity contribution in [1.82, 2.24) is 10.2 Å². The third kappa shape index (κ3) is 5.36. The second kappa shape index (κ2) is 9.80. The van der Waals surface area contributed by atoms with Gasteiger partial charge in [-0.3, -0.25) is 20.2 Å². The van der Waals surface area contributed by atoms with Crippen LogP contribution in [0.2, 0.25) is 0 Å². The van der Waals surface area contributed by atoms with Gasteiger partial charge in [0.25, 0.3) is 11.6 Å². The van der Waals surface area contributed by atoms with E-state index in [0.29, 0.717) is 11.3 Å². The highest BCUT2D eigenvalue weighted by Crippen LogP contribution is 2.27. The summed E-state index contributed by atoms with van der Waals surface area (Å²) in [6, 6.07) is 16.9. The molecule has 10 heteroatoms. The molecule has 170 valence electrons. The number of likely N-dealkylation sites (N-methyl/N-ethyl adjacent to an activating group) is 1. The summed E-state index contributed by atoms with van der Waals surface area (Å²) in [5.41, 5.74) is 2.28. The van der Waals surface area contributed by atoms with Crippen LogP contribution in [0.1, 0.15) is 10.6 Å². The molecule has 1 aromatic heterocycles. The lowest BCUT2D eigenvalue weighted by atomic mass is 10.1. The smallest absolute Gasteiger partial charge is 0.293 e. The monoisotopic (exact) mass is 465 g/mol. The van der Waals surface area contributed by atoms with Crippen LogP contribution in [0.5, 0.6) is 0 Å². The average Bonchev–Trinajstić information content (AvgIpc) is 3.31. The van der Waals surface area contributed by atoms with Crippen molar-refractivity contribution in [3.63, 3.8) is 0 Å². The number of amides is 1. The number of para-hydroxylation sites is 2. The van der Waals surface area contributed by atoms with Crippen molar-refractivity contribution in [3.8, 4) is 11.3 Å². The number of piperazine rings is 1. The standard InChI is InChI=1S/C23H23N5O4S/c1-26-11-13-27(14-12-26)19-8-3-2-7-18(19)24-23(33)25-22(29)21-10-9-20(32-21)16-5-4-6-17(15-16)28(30)31/h2-10,15H,11-14H2,1H3,(H2,24,25,29,33). The van der Waals surface area contributed by atoms with E-state index in [1.807, 2.05) is 24.3 Å². The Labute approximate surface area is 196 Å². The summed E-state index contributed by atoms with van der Waals surface area (Å²) >= 11 is 5.35. The first-order chi connectivity index (χ1) is 15.9. The molecule has 0 radical (unpaired) electrons. The number of nitrogens with one attached hydrogen (secondary N) is 2. The van der Waals surface area contributed by atoms with Gasteiger partial charge in [-0.2, -0.15) is 0 Å². The number of rotatable bonds is 5. The van der Waals surface area contributed by atoms with E-state index in [0.717, 1.165) is 37.6 Å². The lowest BCUT2D eigenvalue weighted by molar-refractivity contribution is -0.384. The summed E-state index contributed by atoms with van der Waals surface area (Å²) in [6.45, 7) is 3.75. The second-order valence-electron chi connectivity index (χ2n) is 7.69. The number of anilines is 2. The van der Waals surface area contributed by atoms with Crippen LogP contribution in [0.3, 0.4) is 0 Å². The van der Waals surface area contributed by atoms with Crippen LogP contribution in [0.15, 0.2) is 65.1 Å². The van der Waals surface area contributed by atoms with Gasteiger partial charge in [-0.15, -0.1) is 0 Å². The maximum Gasteiger partial charge on any atom is 0.293 e. The molecule has 0 unspecified atom stereocenters. The highest BCUT2D eigenvalue weighted by Gasteiger charge is 2.19.